The monoisotopic (exact) mass is 249 g/mol. The molecule has 0 bridgehead atoms. The number of ether oxygens (including phenoxy) is 2. The highest BCUT2D eigenvalue weighted by Gasteiger charge is 2.15. The quantitative estimate of drug-likeness (QED) is 0.811. The molecule has 1 aromatic rings. The molecule has 96 valence electrons. The first-order chi connectivity index (χ1) is 8.58. The second kappa shape index (κ2) is 5.08. The van der Waals surface area contributed by atoms with Crippen LogP contribution in [0.4, 0.5) is 0 Å². The first-order valence-electron chi connectivity index (χ1n) is 5.76. The van der Waals surface area contributed by atoms with Crippen LogP contribution in [-0.4, -0.2) is 24.9 Å². The van der Waals surface area contributed by atoms with Crippen LogP contribution in [0.5, 0.6) is 11.5 Å². The van der Waals surface area contributed by atoms with Crippen molar-refractivity contribution in [2.75, 3.05) is 13.2 Å². The number of carbonyl (C=O) groups excluding carboxylic acids is 2. The van der Waals surface area contributed by atoms with Gasteiger partial charge in [-0.15, -0.1) is 0 Å². The second-order valence-electron chi connectivity index (χ2n) is 4.16. The minimum atomic E-state index is -0.579. The lowest BCUT2D eigenvalue weighted by atomic mass is 10.1. The minimum Gasteiger partial charge on any atom is -0.486 e. The van der Waals surface area contributed by atoms with Gasteiger partial charge in [-0.2, -0.15) is 0 Å². The van der Waals surface area contributed by atoms with Gasteiger partial charge in [0, 0.05) is 13.5 Å². The summed E-state index contributed by atoms with van der Waals surface area (Å²) in [7, 11) is 0. The molecule has 5 heteroatoms. The van der Waals surface area contributed by atoms with Crippen LogP contribution < -0.4 is 14.8 Å². The largest absolute Gasteiger partial charge is 0.486 e. The molecule has 0 aromatic heterocycles. The maximum Gasteiger partial charge on any atom is 0.287 e. The van der Waals surface area contributed by atoms with Gasteiger partial charge in [0.25, 0.3) is 5.91 Å². The molecule has 1 heterocycles. The topological polar surface area (TPSA) is 64.6 Å². The van der Waals surface area contributed by atoms with Crippen LogP contribution in [0.2, 0.25) is 0 Å². The Hall–Kier alpha value is -2.04. The van der Waals surface area contributed by atoms with Gasteiger partial charge < -0.3 is 14.8 Å². The number of aryl methyl sites for hydroxylation is 1. The van der Waals surface area contributed by atoms with Gasteiger partial charge in [-0.1, -0.05) is 0 Å². The van der Waals surface area contributed by atoms with Gasteiger partial charge in [0.15, 0.2) is 11.5 Å². The van der Waals surface area contributed by atoms with E-state index in [1.165, 1.54) is 6.92 Å². The third kappa shape index (κ3) is 2.61. The van der Waals surface area contributed by atoms with Crippen molar-refractivity contribution in [1.29, 1.82) is 0 Å². The predicted octanol–water partition coefficient (Wildman–Crippen LogP) is 0.971. The summed E-state index contributed by atoms with van der Waals surface area (Å²) in [5, 5.41) is 2.56. The lowest BCUT2D eigenvalue weighted by molar-refractivity contribution is -0.136. The Kier molecular flexibility index (Phi) is 3.50. The summed E-state index contributed by atoms with van der Waals surface area (Å²) in [5.41, 5.74) is 1.90. The first-order valence-corrected chi connectivity index (χ1v) is 5.76. The fraction of sp³-hybridized carbons (Fsp3) is 0.385. The predicted molar refractivity (Wildman–Crippen MR) is 64.7 cm³/mol. The van der Waals surface area contributed by atoms with Crippen molar-refractivity contribution < 1.29 is 19.1 Å². The van der Waals surface area contributed by atoms with E-state index >= 15 is 0 Å². The van der Waals surface area contributed by atoms with E-state index in [-0.39, 0.29) is 0 Å². The number of benzene rings is 1. The molecule has 1 amide bonds. The molecule has 0 radical (unpaired) electrons. The van der Waals surface area contributed by atoms with Crippen LogP contribution in [0.1, 0.15) is 18.1 Å². The van der Waals surface area contributed by atoms with Crippen LogP contribution in [0.15, 0.2) is 12.1 Å². The van der Waals surface area contributed by atoms with Gasteiger partial charge in [0.2, 0.25) is 5.78 Å². The number of hydrogen-bond donors (Lipinski definition) is 1. The normalized spacial score (nSPS) is 13.0. The van der Waals surface area contributed by atoms with E-state index < -0.39 is 11.7 Å². The zero-order valence-corrected chi connectivity index (χ0v) is 10.4. The number of fused-ring (bicyclic) bond motifs is 1. The summed E-state index contributed by atoms with van der Waals surface area (Å²) in [6.07, 6.45) is 0. The van der Waals surface area contributed by atoms with Gasteiger partial charge in [0.05, 0.1) is 0 Å². The van der Waals surface area contributed by atoms with Crippen molar-refractivity contribution in [2.45, 2.75) is 20.4 Å². The second-order valence-corrected chi connectivity index (χ2v) is 4.16. The van der Waals surface area contributed by atoms with E-state index in [1.807, 2.05) is 19.1 Å². The Labute approximate surface area is 105 Å². The SMILES string of the molecule is CC(=O)C(=O)NCc1cc2c(cc1C)OCCO2. The number of ketones is 1. The van der Waals surface area contributed by atoms with E-state index in [0.717, 1.165) is 16.9 Å². The summed E-state index contributed by atoms with van der Waals surface area (Å²) in [6.45, 7) is 4.54. The van der Waals surface area contributed by atoms with Gasteiger partial charge in [-0.25, -0.2) is 0 Å². The van der Waals surface area contributed by atoms with Crippen LogP contribution in [0.25, 0.3) is 0 Å². The average molecular weight is 249 g/mol. The number of Topliss-reactive ketones (excluding diaryl/α,β-unsaturated/α-hetero) is 1. The Morgan fingerprint density at radius 2 is 1.83 bits per heavy atom. The van der Waals surface area contributed by atoms with Crippen molar-refractivity contribution in [2.24, 2.45) is 0 Å². The number of nitrogens with one attached hydrogen (secondary N) is 1. The molecule has 1 aliphatic rings. The molecule has 0 spiro atoms. The van der Waals surface area contributed by atoms with Gasteiger partial charge in [0.1, 0.15) is 13.2 Å². The van der Waals surface area contributed by atoms with Gasteiger partial charge in [-0.3, -0.25) is 9.59 Å². The maximum absolute atomic E-state index is 11.2. The van der Waals surface area contributed by atoms with E-state index in [4.69, 9.17) is 9.47 Å². The summed E-state index contributed by atoms with van der Waals surface area (Å²) >= 11 is 0. The van der Waals surface area contributed by atoms with Crippen LogP contribution in [0.3, 0.4) is 0 Å². The summed E-state index contributed by atoms with van der Waals surface area (Å²) in [6, 6.07) is 3.72. The fourth-order valence-electron chi connectivity index (χ4n) is 1.72. The van der Waals surface area contributed by atoms with Gasteiger partial charge >= 0.3 is 0 Å². The van der Waals surface area contributed by atoms with Crippen molar-refractivity contribution in [1.82, 2.24) is 5.32 Å². The Morgan fingerprint density at radius 1 is 1.22 bits per heavy atom. The summed E-state index contributed by atoms with van der Waals surface area (Å²) < 4.78 is 10.9. The average Bonchev–Trinajstić information content (AvgIpc) is 2.35. The highest BCUT2D eigenvalue weighted by Crippen LogP contribution is 2.32. The van der Waals surface area contributed by atoms with Crippen molar-refractivity contribution in [3.8, 4) is 11.5 Å². The number of rotatable bonds is 3. The van der Waals surface area contributed by atoms with Gasteiger partial charge in [-0.05, 0) is 30.2 Å². The number of hydrogen-bond acceptors (Lipinski definition) is 4. The minimum absolute atomic E-state index is 0.306. The molecule has 2 rings (SSSR count). The molecular weight excluding hydrogens is 234 g/mol. The Bertz CT molecular complexity index is 496. The van der Waals surface area contributed by atoms with E-state index in [0.29, 0.717) is 25.5 Å². The van der Waals surface area contributed by atoms with Crippen LogP contribution in [0, 0.1) is 6.92 Å². The van der Waals surface area contributed by atoms with Crippen molar-refractivity contribution >= 4 is 11.7 Å². The number of amides is 1. The molecule has 1 N–H and O–H groups in total. The third-order valence-electron chi connectivity index (χ3n) is 2.76. The lowest BCUT2D eigenvalue weighted by Gasteiger charge is -2.20. The molecule has 0 atom stereocenters. The first kappa shape index (κ1) is 12.4. The third-order valence-corrected chi connectivity index (χ3v) is 2.76. The van der Waals surface area contributed by atoms with E-state index in [1.54, 1.807) is 0 Å². The molecule has 0 aliphatic carbocycles. The molecule has 0 fully saturated rings. The van der Waals surface area contributed by atoms with Crippen LogP contribution >= 0.6 is 0 Å². The molecule has 0 saturated heterocycles. The highest BCUT2D eigenvalue weighted by atomic mass is 16.6. The number of carbonyl (C=O) groups is 2. The molecule has 1 aliphatic heterocycles. The zero-order valence-electron chi connectivity index (χ0n) is 10.4. The highest BCUT2D eigenvalue weighted by molar-refractivity contribution is 6.35. The Morgan fingerprint density at radius 3 is 2.44 bits per heavy atom. The lowest BCUT2D eigenvalue weighted by Crippen LogP contribution is -2.29. The zero-order chi connectivity index (χ0) is 13.1. The van der Waals surface area contributed by atoms with E-state index in [2.05, 4.69) is 5.32 Å². The smallest absolute Gasteiger partial charge is 0.287 e. The molecule has 18 heavy (non-hydrogen) atoms. The summed E-state index contributed by atoms with van der Waals surface area (Å²) in [4.78, 5) is 22.0. The molecule has 5 nitrogen and oxygen atoms in total. The molecule has 1 aromatic carbocycles. The summed E-state index contributed by atoms with van der Waals surface area (Å²) in [5.74, 6) is 0.328. The molecule has 0 saturated carbocycles. The van der Waals surface area contributed by atoms with E-state index in [9.17, 15) is 9.59 Å². The maximum atomic E-state index is 11.2. The Balaban J connectivity index is 2.13. The van der Waals surface area contributed by atoms with Crippen LogP contribution in [-0.2, 0) is 16.1 Å². The van der Waals surface area contributed by atoms with Crippen molar-refractivity contribution in [3.63, 3.8) is 0 Å². The standard InChI is InChI=1S/C13H15NO4/c1-8-5-11-12(18-4-3-17-11)6-10(8)7-14-13(16)9(2)15/h5-6H,3-4,7H2,1-2H3,(H,14,16). The fourth-order valence-corrected chi connectivity index (χ4v) is 1.72. The molecule has 0 unspecified atom stereocenters. The molecular formula is C13H15NO4. The van der Waals surface area contributed by atoms with Crippen molar-refractivity contribution in [3.05, 3.63) is 23.3 Å².